The average molecular weight is 408 g/mol. The first-order valence-electron chi connectivity index (χ1n) is 5.84. The smallest absolute Gasteiger partial charge is 0.343 e. The number of hydrogen-bond donors (Lipinski definition) is 1. The molecule has 1 aliphatic rings. The van der Waals surface area contributed by atoms with E-state index in [1.807, 2.05) is 0 Å². The first-order chi connectivity index (χ1) is 9.40. The summed E-state index contributed by atoms with van der Waals surface area (Å²) in [7, 11) is 0. The zero-order valence-electron chi connectivity index (χ0n) is 10.6. The zero-order chi connectivity index (χ0) is 14.9. The number of rotatable bonds is 3. The molecule has 1 N–H and O–H groups in total. The predicted molar refractivity (Wildman–Crippen MR) is 77.9 cm³/mol. The van der Waals surface area contributed by atoms with Gasteiger partial charge < -0.3 is 14.6 Å². The predicted octanol–water partition coefficient (Wildman–Crippen LogP) is 2.74. The SMILES string of the molecule is CC(=O)c1ccc(Br)c(Br)c1C1(C(=O)O)COCCO1. The summed E-state index contributed by atoms with van der Waals surface area (Å²) in [5, 5.41) is 9.61. The molecule has 7 heteroatoms. The molecule has 20 heavy (non-hydrogen) atoms. The summed E-state index contributed by atoms with van der Waals surface area (Å²) in [6, 6.07) is 3.26. The van der Waals surface area contributed by atoms with Crippen LogP contribution in [0.15, 0.2) is 21.1 Å². The van der Waals surface area contributed by atoms with Gasteiger partial charge in [-0.05, 0) is 50.9 Å². The third-order valence-corrected chi connectivity index (χ3v) is 5.12. The molecule has 0 spiro atoms. The number of carbonyl (C=O) groups is 2. The molecule has 0 bridgehead atoms. The van der Waals surface area contributed by atoms with Crippen LogP contribution in [0.1, 0.15) is 22.8 Å². The fraction of sp³-hybridized carbons (Fsp3) is 0.385. The van der Waals surface area contributed by atoms with Crippen molar-refractivity contribution in [1.82, 2.24) is 0 Å². The normalized spacial score (nSPS) is 22.6. The molecule has 0 amide bonds. The number of ether oxygens (including phenoxy) is 2. The first-order valence-corrected chi connectivity index (χ1v) is 7.43. The molecule has 1 fully saturated rings. The van der Waals surface area contributed by atoms with E-state index in [9.17, 15) is 14.7 Å². The number of carboxylic acids is 1. The lowest BCUT2D eigenvalue weighted by Crippen LogP contribution is -2.48. The monoisotopic (exact) mass is 406 g/mol. The van der Waals surface area contributed by atoms with E-state index in [1.54, 1.807) is 12.1 Å². The fourth-order valence-corrected chi connectivity index (χ4v) is 3.14. The number of carboxylic acid groups (broad SMARTS) is 1. The largest absolute Gasteiger partial charge is 0.479 e. The Hall–Kier alpha value is -0.760. The van der Waals surface area contributed by atoms with Crippen LogP contribution in [0.2, 0.25) is 0 Å². The number of ketones is 1. The zero-order valence-corrected chi connectivity index (χ0v) is 13.8. The molecular formula is C13H12Br2O5. The van der Waals surface area contributed by atoms with Gasteiger partial charge in [0.05, 0.1) is 19.8 Å². The maximum atomic E-state index is 11.8. The Morgan fingerprint density at radius 2 is 2.00 bits per heavy atom. The molecular weight excluding hydrogens is 396 g/mol. The van der Waals surface area contributed by atoms with Crippen molar-refractivity contribution in [3.63, 3.8) is 0 Å². The van der Waals surface area contributed by atoms with Gasteiger partial charge in [0.1, 0.15) is 0 Å². The second kappa shape index (κ2) is 5.93. The van der Waals surface area contributed by atoms with Crippen LogP contribution < -0.4 is 0 Å². The van der Waals surface area contributed by atoms with Crippen molar-refractivity contribution in [3.05, 3.63) is 32.2 Å². The van der Waals surface area contributed by atoms with Crippen LogP contribution in [0.25, 0.3) is 0 Å². The van der Waals surface area contributed by atoms with E-state index in [0.29, 0.717) is 21.1 Å². The molecule has 1 aromatic rings. The van der Waals surface area contributed by atoms with E-state index < -0.39 is 11.6 Å². The van der Waals surface area contributed by atoms with E-state index in [-0.39, 0.29) is 24.6 Å². The van der Waals surface area contributed by atoms with Crippen LogP contribution in [0, 0.1) is 0 Å². The number of Topliss-reactive ketones (excluding diaryl/α,β-unsaturated/α-hetero) is 1. The van der Waals surface area contributed by atoms with Crippen molar-refractivity contribution in [3.8, 4) is 0 Å². The minimum atomic E-state index is -1.68. The van der Waals surface area contributed by atoms with Crippen LogP contribution in [-0.4, -0.2) is 36.7 Å². The van der Waals surface area contributed by atoms with E-state index in [0.717, 1.165) is 0 Å². The molecule has 0 aromatic heterocycles. The Kier molecular flexibility index (Phi) is 4.63. The number of benzene rings is 1. The molecule has 0 radical (unpaired) electrons. The van der Waals surface area contributed by atoms with E-state index in [2.05, 4.69) is 31.9 Å². The maximum Gasteiger partial charge on any atom is 0.343 e. The van der Waals surface area contributed by atoms with Crippen molar-refractivity contribution in [2.24, 2.45) is 0 Å². The summed E-state index contributed by atoms with van der Waals surface area (Å²) in [5.74, 6) is -1.42. The molecule has 108 valence electrons. The van der Waals surface area contributed by atoms with Gasteiger partial charge in [-0.1, -0.05) is 0 Å². The molecule has 1 unspecified atom stereocenters. The van der Waals surface area contributed by atoms with Crippen LogP contribution >= 0.6 is 31.9 Å². The van der Waals surface area contributed by atoms with Gasteiger partial charge in [0.15, 0.2) is 5.78 Å². The first kappa shape index (κ1) is 15.6. The highest BCUT2D eigenvalue weighted by Gasteiger charge is 2.47. The lowest BCUT2D eigenvalue weighted by Gasteiger charge is -2.35. The molecule has 1 aromatic carbocycles. The minimum absolute atomic E-state index is 0.141. The van der Waals surface area contributed by atoms with E-state index >= 15 is 0 Å². The Balaban J connectivity index is 2.73. The highest BCUT2D eigenvalue weighted by molar-refractivity contribution is 9.13. The summed E-state index contributed by atoms with van der Waals surface area (Å²) in [4.78, 5) is 23.6. The van der Waals surface area contributed by atoms with Gasteiger partial charge in [0.2, 0.25) is 5.60 Å². The van der Waals surface area contributed by atoms with Crippen molar-refractivity contribution in [1.29, 1.82) is 0 Å². The van der Waals surface area contributed by atoms with Crippen LogP contribution in [0.4, 0.5) is 0 Å². The summed E-state index contributed by atoms with van der Waals surface area (Å²) in [6.45, 7) is 1.73. The van der Waals surface area contributed by atoms with Gasteiger partial charge in [0.25, 0.3) is 0 Å². The molecule has 2 rings (SSSR count). The van der Waals surface area contributed by atoms with Gasteiger partial charge in [-0.2, -0.15) is 0 Å². The minimum Gasteiger partial charge on any atom is -0.479 e. The molecule has 1 atom stereocenters. The van der Waals surface area contributed by atoms with Crippen molar-refractivity contribution < 1.29 is 24.2 Å². The lowest BCUT2D eigenvalue weighted by atomic mass is 9.88. The number of hydrogen-bond acceptors (Lipinski definition) is 4. The maximum absolute atomic E-state index is 11.8. The Morgan fingerprint density at radius 1 is 1.30 bits per heavy atom. The van der Waals surface area contributed by atoms with Crippen molar-refractivity contribution in [2.45, 2.75) is 12.5 Å². The highest BCUT2D eigenvalue weighted by atomic mass is 79.9. The molecule has 0 saturated carbocycles. The van der Waals surface area contributed by atoms with Gasteiger partial charge >= 0.3 is 5.97 Å². The second-order valence-corrected chi connectivity index (χ2v) is 6.02. The summed E-state index contributed by atoms with van der Waals surface area (Å²) in [5.41, 5.74) is -1.10. The average Bonchev–Trinajstić information content (AvgIpc) is 2.41. The third kappa shape index (κ3) is 2.55. The summed E-state index contributed by atoms with van der Waals surface area (Å²) in [6.07, 6.45) is 0. The molecule has 5 nitrogen and oxygen atoms in total. The Labute approximate surface area is 132 Å². The highest BCUT2D eigenvalue weighted by Crippen LogP contribution is 2.40. The van der Waals surface area contributed by atoms with Gasteiger partial charge in [-0.25, -0.2) is 4.79 Å². The summed E-state index contributed by atoms with van der Waals surface area (Å²) >= 11 is 6.66. The molecule has 1 saturated heterocycles. The quantitative estimate of drug-likeness (QED) is 0.780. The Morgan fingerprint density at radius 3 is 2.50 bits per heavy atom. The number of halogens is 2. The van der Waals surface area contributed by atoms with E-state index in [4.69, 9.17) is 9.47 Å². The second-order valence-electron chi connectivity index (χ2n) is 4.37. The topological polar surface area (TPSA) is 72.8 Å². The van der Waals surface area contributed by atoms with Crippen molar-refractivity contribution >= 4 is 43.6 Å². The molecule has 0 aliphatic carbocycles. The number of carbonyl (C=O) groups excluding carboxylic acids is 1. The Bertz CT molecular complexity index is 564. The number of aliphatic carboxylic acids is 1. The lowest BCUT2D eigenvalue weighted by molar-refractivity contribution is -0.197. The standard InChI is InChI=1S/C13H12Br2O5/c1-7(16)8-2-3-9(14)11(15)10(8)13(12(17)18)6-19-4-5-20-13/h2-3H,4-6H2,1H3,(H,17,18). The van der Waals surface area contributed by atoms with Crippen molar-refractivity contribution in [2.75, 3.05) is 19.8 Å². The third-order valence-electron chi connectivity index (χ3n) is 3.10. The van der Waals surface area contributed by atoms with Gasteiger partial charge in [0, 0.05) is 20.1 Å². The van der Waals surface area contributed by atoms with Crippen LogP contribution in [-0.2, 0) is 19.9 Å². The fourth-order valence-electron chi connectivity index (χ4n) is 2.15. The molecule has 1 heterocycles. The van der Waals surface area contributed by atoms with Crippen LogP contribution in [0.3, 0.4) is 0 Å². The molecule has 1 aliphatic heterocycles. The van der Waals surface area contributed by atoms with Gasteiger partial charge in [-0.15, -0.1) is 0 Å². The summed E-state index contributed by atoms with van der Waals surface area (Å²) < 4.78 is 11.9. The van der Waals surface area contributed by atoms with Crippen LogP contribution in [0.5, 0.6) is 0 Å². The van der Waals surface area contributed by atoms with E-state index in [1.165, 1.54) is 6.92 Å². The van der Waals surface area contributed by atoms with Gasteiger partial charge in [-0.3, -0.25) is 4.79 Å².